The van der Waals surface area contributed by atoms with E-state index in [0.717, 1.165) is 32.6 Å². The summed E-state index contributed by atoms with van der Waals surface area (Å²) in [5.74, 6) is 0.119. The average Bonchev–Trinajstić information content (AvgIpc) is 3.18. The van der Waals surface area contributed by atoms with E-state index in [-0.39, 0.29) is 0 Å². The molecule has 0 radical (unpaired) electrons. The Labute approximate surface area is 184 Å². The molecule has 6 nitrogen and oxygen atoms in total. The molecule has 4 N–H and O–H groups in total. The number of aliphatic imine (C=N–C) groups is 1. The first-order chi connectivity index (χ1) is 14.7. The molecule has 1 aliphatic rings. The second kappa shape index (κ2) is 22.3. The topological polar surface area (TPSA) is 99.2 Å². The van der Waals surface area contributed by atoms with Gasteiger partial charge in [0.15, 0.2) is 0 Å². The van der Waals surface area contributed by atoms with Crippen LogP contribution in [-0.2, 0) is 4.79 Å². The zero-order valence-electron chi connectivity index (χ0n) is 19.4. The number of hydrogen-bond donors (Lipinski definition) is 3. The third kappa shape index (κ3) is 18.6. The number of unbranched alkanes of at least 4 members (excludes halogenated alkanes) is 11. The molecular formula is C24H47N3O3. The summed E-state index contributed by atoms with van der Waals surface area (Å²) in [6.45, 7) is 5.28. The second-order valence-electron chi connectivity index (χ2n) is 7.96. The minimum atomic E-state index is -1.19. The van der Waals surface area contributed by atoms with E-state index in [4.69, 9.17) is 20.7 Å². The molecule has 0 saturated heterocycles. The summed E-state index contributed by atoms with van der Waals surface area (Å²) >= 11 is 0. The van der Waals surface area contributed by atoms with Crippen molar-refractivity contribution in [2.45, 2.75) is 96.8 Å². The van der Waals surface area contributed by atoms with Crippen molar-refractivity contribution in [2.75, 3.05) is 32.8 Å². The molecule has 30 heavy (non-hydrogen) atoms. The summed E-state index contributed by atoms with van der Waals surface area (Å²) in [4.78, 5) is 16.1. The summed E-state index contributed by atoms with van der Waals surface area (Å²) in [6, 6.07) is 0. The minimum Gasteiger partial charge on any atom is -0.480 e. The van der Waals surface area contributed by atoms with Gasteiger partial charge in [-0.2, -0.15) is 0 Å². The van der Waals surface area contributed by atoms with E-state index in [2.05, 4.69) is 29.0 Å². The van der Waals surface area contributed by atoms with Gasteiger partial charge in [0.1, 0.15) is 6.61 Å². The van der Waals surface area contributed by atoms with Gasteiger partial charge in [-0.05, 0) is 32.1 Å². The van der Waals surface area contributed by atoms with E-state index in [1.807, 2.05) is 0 Å². The highest BCUT2D eigenvalue weighted by atomic mass is 16.4. The highest BCUT2D eigenvalue weighted by Gasteiger charge is 2.14. The standard InChI is InChI=1S/C22H43N3.C2H4O3/c1-2-3-4-5-6-7-8-9-10-11-12-13-14-15-16-17-22-24-19-21-25(22)20-18-23;3-1-2(4)5/h9-10H,2-8,11-21,23H2,1H3;3H,1H2,(H,4,5)/b10-9+;. The predicted molar refractivity (Wildman–Crippen MR) is 127 cm³/mol. The van der Waals surface area contributed by atoms with Crippen LogP contribution in [0.3, 0.4) is 0 Å². The van der Waals surface area contributed by atoms with Crippen LogP contribution < -0.4 is 5.73 Å². The molecule has 1 aliphatic heterocycles. The third-order valence-electron chi connectivity index (χ3n) is 5.23. The Morgan fingerprint density at radius 1 is 1.00 bits per heavy atom. The van der Waals surface area contributed by atoms with Crippen LogP contribution >= 0.6 is 0 Å². The first kappa shape index (κ1) is 28.6. The van der Waals surface area contributed by atoms with Crippen LogP contribution in [0.4, 0.5) is 0 Å². The molecule has 0 unspecified atom stereocenters. The van der Waals surface area contributed by atoms with Crippen molar-refractivity contribution < 1.29 is 15.0 Å². The number of carbonyl (C=O) groups is 1. The molecular weight excluding hydrogens is 378 g/mol. The lowest BCUT2D eigenvalue weighted by atomic mass is 10.1. The van der Waals surface area contributed by atoms with Crippen LogP contribution in [0.2, 0.25) is 0 Å². The van der Waals surface area contributed by atoms with Crippen LogP contribution in [-0.4, -0.2) is 59.7 Å². The molecule has 1 rings (SSSR count). The quantitative estimate of drug-likeness (QED) is 0.217. The van der Waals surface area contributed by atoms with Crippen LogP contribution in [0.25, 0.3) is 0 Å². The molecule has 1 heterocycles. The maximum Gasteiger partial charge on any atom is 0.329 e. The van der Waals surface area contributed by atoms with Crippen molar-refractivity contribution in [3.05, 3.63) is 12.2 Å². The predicted octanol–water partition coefficient (Wildman–Crippen LogP) is 4.76. The van der Waals surface area contributed by atoms with Gasteiger partial charge in [0.05, 0.1) is 12.4 Å². The number of rotatable bonds is 18. The molecule has 0 aromatic heterocycles. The number of hydrogen-bond acceptors (Lipinski definition) is 5. The largest absolute Gasteiger partial charge is 0.480 e. The van der Waals surface area contributed by atoms with Gasteiger partial charge in [-0.3, -0.25) is 4.99 Å². The van der Waals surface area contributed by atoms with E-state index in [9.17, 15) is 0 Å². The van der Waals surface area contributed by atoms with E-state index >= 15 is 0 Å². The second-order valence-corrected chi connectivity index (χ2v) is 7.96. The number of nitrogens with zero attached hydrogens (tertiary/aromatic N) is 2. The smallest absolute Gasteiger partial charge is 0.329 e. The molecule has 0 aliphatic carbocycles. The Morgan fingerprint density at radius 2 is 1.53 bits per heavy atom. The fourth-order valence-electron chi connectivity index (χ4n) is 3.52. The van der Waals surface area contributed by atoms with Crippen molar-refractivity contribution in [3.8, 4) is 0 Å². The SMILES string of the molecule is CCCCCCCC/C=C/CCCCCCCC1=NCCN1CCN.O=C(O)CO. The zero-order chi connectivity index (χ0) is 22.3. The van der Waals surface area contributed by atoms with Crippen molar-refractivity contribution in [3.63, 3.8) is 0 Å². The Kier molecular flexibility index (Phi) is 21.2. The van der Waals surface area contributed by atoms with Gasteiger partial charge in [-0.15, -0.1) is 0 Å². The van der Waals surface area contributed by atoms with E-state index < -0.39 is 12.6 Å². The van der Waals surface area contributed by atoms with Gasteiger partial charge in [-0.25, -0.2) is 4.79 Å². The molecule has 0 fully saturated rings. The highest BCUT2D eigenvalue weighted by molar-refractivity contribution is 5.83. The zero-order valence-corrected chi connectivity index (χ0v) is 19.4. The van der Waals surface area contributed by atoms with Gasteiger partial charge >= 0.3 is 5.97 Å². The Bertz CT molecular complexity index is 453. The van der Waals surface area contributed by atoms with E-state index in [1.54, 1.807) is 0 Å². The molecule has 0 aromatic rings. The van der Waals surface area contributed by atoms with Gasteiger partial charge in [0.25, 0.3) is 0 Å². The monoisotopic (exact) mass is 425 g/mol. The maximum atomic E-state index is 9.12. The van der Waals surface area contributed by atoms with Crippen LogP contribution in [0.15, 0.2) is 17.1 Å². The molecule has 0 bridgehead atoms. The normalized spacial score (nSPS) is 13.4. The average molecular weight is 426 g/mol. The summed E-state index contributed by atoms with van der Waals surface area (Å²) in [6.07, 6.45) is 23.7. The Hall–Kier alpha value is -1.40. The molecule has 0 spiro atoms. The molecule has 0 saturated carbocycles. The van der Waals surface area contributed by atoms with E-state index in [0.29, 0.717) is 0 Å². The fourth-order valence-corrected chi connectivity index (χ4v) is 3.52. The number of aliphatic hydroxyl groups is 1. The molecule has 0 amide bonds. The number of aliphatic carboxylic acids is 1. The van der Waals surface area contributed by atoms with Gasteiger partial charge in [0, 0.05) is 26.1 Å². The van der Waals surface area contributed by atoms with Gasteiger partial charge in [-0.1, -0.05) is 70.4 Å². The van der Waals surface area contributed by atoms with Crippen LogP contribution in [0, 0.1) is 0 Å². The van der Waals surface area contributed by atoms with Crippen molar-refractivity contribution in [2.24, 2.45) is 10.7 Å². The van der Waals surface area contributed by atoms with Crippen molar-refractivity contribution in [1.29, 1.82) is 0 Å². The fraction of sp³-hybridized carbons (Fsp3) is 0.833. The lowest BCUT2D eigenvalue weighted by Crippen LogP contribution is -2.32. The van der Waals surface area contributed by atoms with Gasteiger partial charge < -0.3 is 20.8 Å². The summed E-state index contributed by atoms with van der Waals surface area (Å²) in [5, 5.41) is 15.0. The summed E-state index contributed by atoms with van der Waals surface area (Å²) in [7, 11) is 0. The van der Waals surface area contributed by atoms with E-state index in [1.165, 1.54) is 89.3 Å². The summed E-state index contributed by atoms with van der Waals surface area (Å²) in [5.41, 5.74) is 5.65. The lowest BCUT2D eigenvalue weighted by molar-refractivity contribution is -0.140. The molecule has 0 aromatic carbocycles. The number of carboxylic acids is 1. The van der Waals surface area contributed by atoms with Crippen LogP contribution in [0.1, 0.15) is 96.8 Å². The molecule has 176 valence electrons. The maximum absolute atomic E-state index is 9.12. The first-order valence-electron chi connectivity index (χ1n) is 12.1. The number of amidine groups is 1. The van der Waals surface area contributed by atoms with Crippen molar-refractivity contribution in [1.82, 2.24) is 4.90 Å². The number of aliphatic hydroxyl groups excluding tert-OH is 1. The number of allylic oxidation sites excluding steroid dienone is 2. The first-order valence-corrected chi connectivity index (χ1v) is 12.1. The van der Waals surface area contributed by atoms with Gasteiger partial charge in [0.2, 0.25) is 0 Å². The Balaban J connectivity index is 0.00000150. The third-order valence-corrected chi connectivity index (χ3v) is 5.23. The van der Waals surface area contributed by atoms with Crippen molar-refractivity contribution >= 4 is 11.8 Å². The number of carboxylic acid groups (broad SMARTS) is 1. The minimum absolute atomic E-state index is 0.741. The van der Waals surface area contributed by atoms with Crippen LogP contribution in [0.5, 0.6) is 0 Å². The summed E-state index contributed by atoms with van der Waals surface area (Å²) < 4.78 is 0. The molecule has 0 atom stereocenters. The lowest BCUT2D eigenvalue weighted by Gasteiger charge is -2.19. The highest BCUT2D eigenvalue weighted by Crippen LogP contribution is 2.12. The Morgan fingerprint density at radius 3 is 2.07 bits per heavy atom. The number of nitrogens with two attached hydrogens (primary N) is 1. The molecule has 6 heteroatoms.